The van der Waals surface area contributed by atoms with Gasteiger partial charge in [0, 0.05) is 11.6 Å². The Labute approximate surface area is 70.7 Å². The Morgan fingerprint density at radius 2 is 2.08 bits per heavy atom. The number of hydrogen-bond acceptors (Lipinski definition) is 1. The first-order chi connectivity index (χ1) is 5.79. The monoisotopic (exact) mass is 157 g/mol. The SMILES string of the molecule is [B]c1ccc2ncccc2c1F. The number of aromatic nitrogens is 1. The van der Waals surface area contributed by atoms with E-state index in [0.29, 0.717) is 10.9 Å². The average Bonchev–Trinajstić information content (AvgIpc) is 2.12. The minimum Gasteiger partial charge on any atom is -0.256 e. The van der Waals surface area contributed by atoms with Gasteiger partial charge in [-0.25, -0.2) is 4.39 Å². The lowest BCUT2D eigenvalue weighted by Gasteiger charge is -2.00. The fourth-order valence-corrected chi connectivity index (χ4v) is 1.13. The van der Waals surface area contributed by atoms with Gasteiger partial charge in [0.25, 0.3) is 0 Å². The Hall–Kier alpha value is -1.38. The van der Waals surface area contributed by atoms with Crippen LogP contribution in [-0.2, 0) is 0 Å². The first-order valence-corrected chi connectivity index (χ1v) is 3.58. The first-order valence-electron chi connectivity index (χ1n) is 3.58. The predicted molar refractivity (Wildman–Crippen MR) is 47.1 cm³/mol. The highest BCUT2D eigenvalue weighted by atomic mass is 19.1. The maximum absolute atomic E-state index is 13.2. The normalized spacial score (nSPS) is 10.4. The molecule has 0 N–H and O–H groups in total. The highest BCUT2D eigenvalue weighted by Crippen LogP contribution is 2.11. The van der Waals surface area contributed by atoms with Gasteiger partial charge in [-0.1, -0.05) is 11.5 Å². The molecule has 0 bridgehead atoms. The molecule has 1 aromatic heterocycles. The summed E-state index contributed by atoms with van der Waals surface area (Å²) < 4.78 is 13.2. The van der Waals surface area contributed by atoms with Gasteiger partial charge in [0.1, 0.15) is 13.7 Å². The van der Waals surface area contributed by atoms with Crippen LogP contribution in [0.15, 0.2) is 30.5 Å². The van der Waals surface area contributed by atoms with Gasteiger partial charge in [-0.2, -0.15) is 0 Å². The van der Waals surface area contributed by atoms with E-state index < -0.39 is 0 Å². The van der Waals surface area contributed by atoms with Gasteiger partial charge in [0.05, 0.1) is 5.52 Å². The summed E-state index contributed by atoms with van der Waals surface area (Å²) in [4.78, 5) is 3.99. The molecule has 0 unspecified atom stereocenters. The second-order valence-electron chi connectivity index (χ2n) is 2.54. The molecule has 0 aliphatic heterocycles. The largest absolute Gasteiger partial charge is 0.256 e. The molecule has 3 heteroatoms. The third-order valence-corrected chi connectivity index (χ3v) is 1.75. The average molecular weight is 157 g/mol. The molecule has 0 saturated carbocycles. The molecule has 0 aliphatic carbocycles. The molecule has 1 heterocycles. The number of benzene rings is 1. The standard InChI is InChI=1S/C9H5BFN/c10-7-3-4-8-6(9(7)11)2-1-5-12-8/h1-5H. The smallest absolute Gasteiger partial charge is 0.125 e. The predicted octanol–water partition coefficient (Wildman–Crippen LogP) is 1.17. The summed E-state index contributed by atoms with van der Waals surface area (Å²) in [6.07, 6.45) is 1.62. The molecule has 56 valence electrons. The second kappa shape index (κ2) is 2.59. The number of rotatable bonds is 0. The van der Waals surface area contributed by atoms with Crippen LogP contribution >= 0.6 is 0 Å². The summed E-state index contributed by atoms with van der Waals surface area (Å²) >= 11 is 0. The number of nitrogens with zero attached hydrogens (tertiary/aromatic N) is 1. The van der Waals surface area contributed by atoms with Gasteiger partial charge in [0.2, 0.25) is 0 Å². The van der Waals surface area contributed by atoms with Crippen LogP contribution in [0, 0.1) is 5.82 Å². The second-order valence-corrected chi connectivity index (χ2v) is 2.54. The van der Waals surface area contributed by atoms with Crippen LogP contribution in [0.3, 0.4) is 0 Å². The van der Waals surface area contributed by atoms with Gasteiger partial charge < -0.3 is 0 Å². The summed E-state index contributed by atoms with van der Waals surface area (Å²) in [7, 11) is 5.38. The highest BCUT2D eigenvalue weighted by molar-refractivity contribution is 6.33. The molecule has 2 rings (SSSR count). The number of hydrogen-bond donors (Lipinski definition) is 0. The zero-order chi connectivity index (χ0) is 8.55. The minimum absolute atomic E-state index is 0.163. The van der Waals surface area contributed by atoms with E-state index in [1.807, 2.05) is 0 Å². The Balaban J connectivity index is 2.91. The van der Waals surface area contributed by atoms with E-state index in [0.717, 1.165) is 0 Å². The lowest BCUT2D eigenvalue weighted by Crippen LogP contribution is -2.07. The molecule has 0 spiro atoms. The Morgan fingerprint density at radius 3 is 2.92 bits per heavy atom. The molecule has 1 aromatic carbocycles. The number of fused-ring (bicyclic) bond motifs is 1. The van der Waals surface area contributed by atoms with E-state index in [9.17, 15) is 4.39 Å². The third kappa shape index (κ3) is 0.980. The Morgan fingerprint density at radius 1 is 1.25 bits per heavy atom. The van der Waals surface area contributed by atoms with E-state index in [1.54, 1.807) is 24.4 Å². The molecule has 2 radical (unpaired) electrons. The molecule has 0 atom stereocenters. The molecule has 2 aromatic rings. The molecule has 0 amide bonds. The van der Waals surface area contributed by atoms with Crippen LogP contribution in [-0.4, -0.2) is 12.8 Å². The molecule has 0 aliphatic rings. The van der Waals surface area contributed by atoms with E-state index in [2.05, 4.69) is 4.98 Å². The van der Waals surface area contributed by atoms with Crippen molar-refractivity contribution < 1.29 is 4.39 Å². The van der Waals surface area contributed by atoms with E-state index in [4.69, 9.17) is 7.85 Å². The molecular formula is C9H5BFN. The van der Waals surface area contributed by atoms with Crippen molar-refractivity contribution in [2.75, 3.05) is 0 Å². The van der Waals surface area contributed by atoms with Crippen LogP contribution in [0.25, 0.3) is 10.9 Å². The summed E-state index contributed by atoms with van der Waals surface area (Å²) in [6, 6.07) is 6.57. The number of pyridine rings is 1. The van der Waals surface area contributed by atoms with Crippen molar-refractivity contribution in [1.29, 1.82) is 0 Å². The van der Waals surface area contributed by atoms with Crippen molar-refractivity contribution >= 4 is 24.2 Å². The maximum Gasteiger partial charge on any atom is 0.125 e. The quantitative estimate of drug-likeness (QED) is 0.523. The van der Waals surface area contributed by atoms with Crippen LogP contribution in [0.1, 0.15) is 0 Å². The fraction of sp³-hybridized carbons (Fsp3) is 0. The lowest BCUT2D eigenvalue weighted by molar-refractivity contribution is 0.647. The Kier molecular flexibility index (Phi) is 1.57. The molecule has 0 saturated heterocycles. The van der Waals surface area contributed by atoms with Crippen LogP contribution < -0.4 is 5.46 Å². The van der Waals surface area contributed by atoms with Gasteiger partial charge in [0.15, 0.2) is 0 Å². The van der Waals surface area contributed by atoms with Gasteiger partial charge >= 0.3 is 0 Å². The summed E-state index contributed by atoms with van der Waals surface area (Å²) in [6.45, 7) is 0. The molecule has 0 fully saturated rings. The fourth-order valence-electron chi connectivity index (χ4n) is 1.13. The van der Waals surface area contributed by atoms with Crippen molar-refractivity contribution in [1.82, 2.24) is 4.98 Å². The first kappa shape index (κ1) is 7.28. The lowest BCUT2D eigenvalue weighted by atomic mass is 9.94. The zero-order valence-electron chi connectivity index (χ0n) is 6.29. The van der Waals surface area contributed by atoms with Crippen molar-refractivity contribution in [3.63, 3.8) is 0 Å². The van der Waals surface area contributed by atoms with Crippen LogP contribution in [0.5, 0.6) is 0 Å². The highest BCUT2D eigenvalue weighted by Gasteiger charge is 2.01. The summed E-state index contributed by atoms with van der Waals surface area (Å²) in [5, 5.41) is 0.470. The van der Waals surface area contributed by atoms with Crippen molar-refractivity contribution in [3.8, 4) is 0 Å². The van der Waals surface area contributed by atoms with E-state index in [-0.39, 0.29) is 11.3 Å². The zero-order valence-corrected chi connectivity index (χ0v) is 6.29. The van der Waals surface area contributed by atoms with Gasteiger partial charge in [-0.3, -0.25) is 4.98 Å². The topological polar surface area (TPSA) is 12.9 Å². The summed E-state index contributed by atoms with van der Waals surface area (Å²) in [5.74, 6) is -0.388. The van der Waals surface area contributed by atoms with Crippen molar-refractivity contribution in [2.45, 2.75) is 0 Å². The third-order valence-electron chi connectivity index (χ3n) is 1.75. The van der Waals surface area contributed by atoms with Crippen LogP contribution in [0.4, 0.5) is 4.39 Å². The maximum atomic E-state index is 13.2. The molecule has 12 heavy (non-hydrogen) atoms. The molecule has 1 nitrogen and oxygen atoms in total. The van der Waals surface area contributed by atoms with E-state index >= 15 is 0 Å². The Bertz CT molecular complexity index is 428. The van der Waals surface area contributed by atoms with Gasteiger partial charge in [-0.15, -0.1) is 0 Å². The van der Waals surface area contributed by atoms with Crippen molar-refractivity contribution in [2.24, 2.45) is 0 Å². The minimum atomic E-state index is -0.388. The number of halogens is 1. The van der Waals surface area contributed by atoms with Crippen molar-refractivity contribution in [3.05, 3.63) is 36.3 Å². The van der Waals surface area contributed by atoms with Crippen LogP contribution in [0.2, 0.25) is 0 Å². The summed E-state index contributed by atoms with van der Waals surface area (Å²) in [5.41, 5.74) is 0.791. The van der Waals surface area contributed by atoms with E-state index in [1.165, 1.54) is 6.07 Å². The van der Waals surface area contributed by atoms with Gasteiger partial charge in [-0.05, 0) is 18.2 Å². The molecular weight excluding hydrogens is 152 g/mol.